The zero-order valence-electron chi connectivity index (χ0n) is 8.65. The number of rotatable bonds is 3. The summed E-state index contributed by atoms with van der Waals surface area (Å²) in [6.45, 7) is 0. The van der Waals surface area contributed by atoms with Crippen LogP contribution in [0.1, 0.15) is 6.42 Å². The first-order chi connectivity index (χ1) is 7.50. The van der Waals surface area contributed by atoms with E-state index in [0.29, 0.717) is 6.42 Å². The fourth-order valence-electron chi connectivity index (χ4n) is 1.77. The van der Waals surface area contributed by atoms with E-state index in [4.69, 9.17) is 16.7 Å². The number of carboxylic acids is 1. The van der Waals surface area contributed by atoms with Gasteiger partial charge in [-0.25, -0.2) is 4.39 Å². The Labute approximate surface area is 97.4 Å². The lowest BCUT2D eigenvalue weighted by atomic mass is 10.2. The smallest absolute Gasteiger partial charge is 0.308 e. The Morgan fingerprint density at radius 1 is 1.62 bits per heavy atom. The summed E-state index contributed by atoms with van der Waals surface area (Å²) in [4.78, 5) is 12.5. The van der Waals surface area contributed by atoms with Crippen molar-refractivity contribution >= 4 is 23.3 Å². The Balaban J connectivity index is 2.13. The molecule has 0 amide bonds. The maximum absolute atomic E-state index is 12.9. The molecular weight excluding hydrogens is 233 g/mol. The second-order valence-corrected chi connectivity index (χ2v) is 4.36. The van der Waals surface area contributed by atoms with E-state index in [9.17, 15) is 9.18 Å². The third-order valence-electron chi connectivity index (χ3n) is 2.88. The Morgan fingerprint density at radius 2 is 2.31 bits per heavy atom. The third kappa shape index (κ3) is 1.97. The zero-order valence-corrected chi connectivity index (χ0v) is 9.41. The van der Waals surface area contributed by atoms with Crippen molar-refractivity contribution in [1.82, 2.24) is 0 Å². The minimum absolute atomic E-state index is 0.0148. The maximum Gasteiger partial charge on any atom is 0.308 e. The number of carboxylic acid groups (broad SMARTS) is 1. The van der Waals surface area contributed by atoms with Gasteiger partial charge in [-0.3, -0.25) is 4.79 Å². The normalized spacial score (nSPS) is 22.9. The first kappa shape index (κ1) is 11.2. The van der Waals surface area contributed by atoms with Crippen LogP contribution in [0, 0.1) is 11.7 Å². The van der Waals surface area contributed by atoms with E-state index < -0.39 is 11.8 Å². The predicted octanol–water partition coefficient (Wildman–Crippen LogP) is 2.39. The van der Waals surface area contributed by atoms with Crippen LogP contribution >= 0.6 is 11.6 Å². The van der Waals surface area contributed by atoms with Crippen molar-refractivity contribution in [3.05, 3.63) is 29.0 Å². The second kappa shape index (κ2) is 3.94. The van der Waals surface area contributed by atoms with Crippen molar-refractivity contribution in [1.29, 1.82) is 0 Å². The lowest BCUT2D eigenvalue weighted by Crippen LogP contribution is -2.23. The van der Waals surface area contributed by atoms with Crippen LogP contribution in [0.2, 0.25) is 5.02 Å². The minimum atomic E-state index is -0.787. The van der Waals surface area contributed by atoms with Gasteiger partial charge in [0.1, 0.15) is 5.82 Å². The largest absolute Gasteiger partial charge is 0.481 e. The summed E-state index contributed by atoms with van der Waals surface area (Å²) in [6.07, 6.45) is 0.626. The highest BCUT2D eigenvalue weighted by Crippen LogP contribution is 2.38. The molecule has 1 aromatic rings. The molecule has 2 rings (SSSR count). The topological polar surface area (TPSA) is 40.5 Å². The monoisotopic (exact) mass is 243 g/mol. The van der Waals surface area contributed by atoms with Crippen molar-refractivity contribution < 1.29 is 14.3 Å². The molecular formula is C11H11ClFNO2. The molecule has 86 valence electrons. The highest BCUT2D eigenvalue weighted by atomic mass is 35.5. The van der Waals surface area contributed by atoms with Crippen LogP contribution in [0.25, 0.3) is 0 Å². The van der Waals surface area contributed by atoms with Crippen molar-refractivity contribution in [3.63, 3.8) is 0 Å². The summed E-state index contributed by atoms with van der Waals surface area (Å²) in [5, 5.41) is 8.86. The van der Waals surface area contributed by atoms with Crippen LogP contribution in [0.15, 0.2) is 18.2 Å². The summed E-state index contributed by atoms with van der Waals surface area (Å²) in [6, 6.07) is 4.37. The molecule has 0 aromatic heterocycles. The highest BCUT2D eigenvalue weighted by molar-refractivity contribution is 6.31. The molecule has 1 saturated carbocycles. The zero-order chi connectivity index (χ0) is 11.9. The van der Waals surface area contributed by atoms with Crippen LogP contribution in [0.5, 0.6) is 0 Å². The molecule has 1 aromatic carbocycles. The van der Waals surface area contributed by atoms with E-state index in [-0.39, 0.29) is 17.0 Å². The Bertz CT molecular complexity index is 438. The number of anilines is 1. The van der Waals surface area contributed by atoms with E-state index in [1.807, 2.05) is 4.90 Å². The van der Waals surface area contributed by atoms with Gasteiger partial charge in [0.15, 0.2) is 0 Å². The van der Waals surface area contributed by atoms with Gasteiger partial charge >= 0.3 is 5.97 Å². The summed E-state index contributed by atoms with van der Waals surface area (Å²) in [5.74, 6) is -1.58. The predicted molar refractivity (Wildman–Crippen MR) is 59.3 cm³/mol. The van der Waals surface area contributed by atoms with E-state index in [2.05, 4.69) is 0 Å². The van der Waals surface area contributed by atoms with E-state index in [0.717, 1.165) is 5.69 Å². The summed E-state index contributed by atoms with van der Waals surface area (Å²) in [5.41, 5.74) is 0.736. The molecule has 1 N–H and O–H groups in total. The van der Waals surface area contributed by atoms with Gasteiger partial charge in [0.25, 0.3) is 0 Å². The molecule has 0 aliphatic heterocycles. The Morgan fingerprint density at radius 3 is 2.81 bits per heavy atom. The number of nitrogens with zero attached hydrogens (tertiary/aromatic N) is 1. The number of aliphatic carboxylic acids is 1. The van der Waals surface area contributed by atoms with Gasteiger partial charge in [0.05, 0.1) is 10.9 Å². The van der Waals surface area contributed by atoms with Gasteiger partial charge in [0.2, 0.25) is 0 Å². The van der Waals surface area contributed by atoms with E-state index >= 15 is 0 Å². The van der Waals surface area contributed by atoms with Crippen LogP contribution in [0.4, 0.5) is 10.1 Å². The minimum Gasteiger partial charge on any atom is -0.481 e. The highest BCUT2D eigenvalue weighted by Gasteiger charge is 2.46. The maximum atomic E-state index is 12.9. The molecule has 1 fully saturated rings. The molecule has 0 bridgehead atoms. The number of benzene rings is 1. The Hall–Kier alpha value is -1.29. The molecule has 1 aliphatic carbocycles. The van der Waals surface area contributed by atoms with Gasteiger partial charge in [0, 0.05) is 18.8 Å². The fourth-order valence-corrected chi connectivity index (χ4v) is 1.95. The quantitative estimate of drug-likeness (QED) is 0.886. The molecule has 3 nitrogen and oxygen atoms in total. The molecule has 0 spiro atoms. The second-order valence-electron chi connectivity index (χ2n) is 3.96. The number of halogens is 2. The first-order valence-corrected chi connectivity index (χ1v) is 5.29. The number of hydrogen-bond donors (Lipinski definition) is 1. The summed E-state index contributed by atoms with van der Waals surface area (Å²) < 4.78 is 12.9. The van der Waals surface area contributed by atoms with Crippen molar-refractivity contribution in [2.75, 3.05) is 11.9 Å². The van der Waals surface area contributed by atoms with Gasteiger partial charge in [-0.05, 0) is 24.6 Å². The lowest BCUT2D eigenvalue weighted by Gasteiger charge is -2.19. The van der Waals surface area contributed by atoms with Crippen LogP contribution in [-0.2, 0) is 4.79 Å². The van der Waals surface area contributed by atoms with Gasteiger partial charge < -0.3 is 10.0 Å². The van der Waals surface area contributed by atoms with Gasteiger partial charge in [-0.15, -0.1) is 0 Å². The molecule has 2 atom stereocenters. The summed E-state index contributed by atoms with van der Waals surface area (Å²) >= 11 is 5.66. The van der Waals surface area contributed by atoms with Crippen molar-refractivity contribution in [2.45, 2.75) is 12.5 Å². The molecule has 16 heavy (non-hydrogen) atoms. The molecule has 2 unspecified atom stereocenters. The molecule has 0 saturated heterocycles. The van der Waals surface area contributed by atoms with E-state index in [1.54, 1.807) is 13.1 Å². The average molecular weight is 244 g/mol. The average Bonchev–Trinajstić information content (AvgIpc) is 3.01. The SMILES string of the molecule is CN(c1ccc(F)c(Cl)c1)C1CC1C(=O)O. The Kier molecular flexibility index (Phi) is 2.76. The summed E-state index contributed by atoms with van der Waals surface area (Å²) in [7, 11) is 1.79. The molecule has 1 aliphatic rings. The van der Waals surface area contributed by atoms with Gasteiger partial charge in [-0.1, -0.05) is 11.6 Å². The van der Waals surface area contributed by atoms with Crippen molar-refractivity contribution in [2.24, 2.45) is 5.92 Å². The van der Waals surface area contributed by atoms with Crippen molar-refractivity contribution in [3.8, 4) is 0 Å². The van der Waals surface area contributed by atoms with Crippen LogP contribution in [-0.4, -0.2) is 24.2 Å². The lowest BCUT2D eigenvalue weighted by molar-refractivity contribution is -0.138. The third-order valence-corrected chi connectivity index (χ3v) is 3.17. The first-order valence-electron chi connectivity index (χ1n) is 4.91. The van der Waals surface area contributed by atoms with Crippen LogP contribution in [0.3, 0.4) is 0 Å². The fraction of sp³-hybridized carbons (Fsp3) is 0.364. The number of carbonyl (C=O) groups is 1. The van der Waals surface area contributed by atoms with Crippen LogP contribution < -0.4 is 4.90 Å². The van der Waals surface area contributed by atoms with E-state index in [1.165, 1.54) is 12.1 Å². The standard InChI is InChI=1S/C11H11ClFNO2/c1-14(10-5-7(10)11(15)16)6-2-3-9(13)8(12)4-6/h2-4,7,10H,5H2,1H3,(H,15,16). The number of hydrogen-bond acceptors (Lipinski definition) is 2. The molecule has 5 heteroatoms. The van der Waals surface area contributed by atoms with Gasteiger partial charge in [-0.2, -0.15) is 0 Å². The molecule has 0 heterocycles. The molecule has 0 radical (unpaired) electrons.